The lowest BCUT2D eigenvalue weighted by molar-refractivity contribution is -0.121. The first-order valence-electron chi connectivity index (χ1n) is 13.5. The number of rotatable bonds is 18. The second-order valence-corrected chi connectivity index (χ2v) is 10.2. The fourth-order valence-electron chi connectivity index (χ4n) is 4.52. The second-order valence-electron chi connectivity index (χ2n) is 10.2. The number of anilines is 1. The molecular weight excluding hydrogens is 390 g/mol. The first-order valence-corrected chi connectivity index (χ1v) is 13.5. The number of amides is 1. The fraction of sp³-hybridized carbons (Fsp3) is 0.700. The molecule has 0 aromatic heterocycles. The topological polar surface area (TPSA) is 29.1 Å². The SMILES string of the molecule is CCCCCCCC/C=C\CCC(CCCC(C(=O)Nc1ccccc1)C(C)C)C(C)C. The van der Waals surface area contributed by atoms with E-state index in [1.807, 2.05) is 30.3 Å². The highest BCUT2D eigenvalue weighted by Gasteiger charge is 2.23. The molecule has 1 amide bonds. The average Bonchev–Trinajstić information content (AvgIpc) is 2.76. The van der Waals surface area contributed by atoms with Crippen LogP contribution in [-0.4, -0.2) is 5.91 Å². The summed E-state index contributed by atoms with van der Waals surface area (Å²) in [4.78, 5) is 12.8. The van der Waals surface area contributed by atoms with E-state index in [9.17, 15) is 4.79 Å². The Morgan fingerprint density at radius 3 is 2.09 bits per heavy atom. The maximum atomic E-state index is 12.8. The number of benzene rings is 1. The number of allylic oxidation sites excluding steroid dienone is 2. The molecule has 32 heavy (non-hydrogen) atoms. The minimum Gasteiger partial charge on any atom is -0.326 e. The van der Waals surface area contributed by atoms with Crippen LogP contribution in [0.1, 0.15) is 112 Å². The van der Waals surface area contributed by atoms with Crippen molar-refractivity contribution >= 4 is 11.6 Å². The largest absolute Gasteiger partial charge is 0.326 e. The molecule has 0 aliphatic heterocycles. The number of carbonyl (C=O) groups excluding carboxylic acids is 1. The van der Waals surface area contributed by atoms with E-state index in [0.717, 1.165) is 24.4 Å². The van der Waals surface area contributed by atoms with Crippen molar-refractivity contribution in [3.05, 3.63) is 42.5 Å². The van der Waals surface area contributed by atoms with Crippen LogP contribution < -0.4 is 5.32 Å². The Hall–Kier alpha value is -1.57. The molecule has 0 aliphatic rings. The first kappa shape index (κ1) is 28.5. The molecule has 2 unspecified atom stereocenters. The molecule has 0 fully saturated rings. The maximum absolute atomic E-state index is 12.8. The molecule has 0 heterocycles. The van der Waals surface area contributed by atoms with Crippen LogP contribution in [0.3, 0.4) is 0 Å². The standard InChI is InChI=1S/C30H51NO/c1-6-7-8-9-10-11-12-13-14-16-20-27(25(2)3)21-19-24-29(26(4)5)30(32)31-28-22-17-15-18-23-28/h13-15,17-18,22-23,25-27,29H,6-12,16,19-21,24H2,1-5H3,(H,31,32)/b14-13-. The molecule has 0 bridgehead atoms. The van der Waals surface area contributed by atoms with Crippen molar-refractivity contribution in [1.82, 2.24) is 0 Å². The summed E-state index contributed by atoms with van der Waals surface area (Å²) in [7, 11) is 0. The van der Waals surface area contributed by atoms with Gasteiger partial charge in [-0.1, -0.05) is 110 Å². The molecule has 0 saturated carbocycles. The number of hydrogen-bond donors (Lipinski definition) is 1. The molecule has 0 aliphatic carbocycles. The van der Waals surface area contributed by atoms with E-state index in [1.54, 1.807) is 0 Å². The van der Waals surface area contributed by atoms with Crippen molar-refractivity contribution in [2.75, 3.05) is 5.32 Å². The van der Waals surface area contributed by atoms with Gasteiger partial charge in [0, 0.05) is 11.6 Å². The van der Waals surface area contributed by atoms with Crippen molar-refractivity contribution in [1.29, 1.82) is 0 Å². The molecule has 1 aromatic rings. The molecule has 1 rings (SSSR count). The van der Waals surface area contributed by atoms with Gasteiger partial charge in [0.2, 0.25) is 5.91 Å². The van der Waals surface area contributed by atoms with Gasteiger partial charge in [0.15, 0.2) is 0 Å². The van der Waals surface area contributed by atoms with Crippen LogP contribution in [0.25, 0.3) is 0 Å². The van der Waals surface area contributed by atoms with Crippen LogP contribution in [0, 0.1) is 23.7 Å². The van der Waals surface area contributed by atoms with E-state index >= 15 is 0 Å². The lowest BCUT2D eigenvalue weighted by Crippen LogP contribution is -2.27. The number of hydrogen-bond acceptors (Lipinski definition) is 1. The number of para-hydroxylation sites is 1. The molecule has 0 saturated heterocycles. The van der Waals surface area contributed by atoms with E-state index in [1.165, 1.54) is 64.2 Å². The van der Waals surface area contributed by atoms with Crippen LogP contribution in [0.15, 0.2) is 42.5 Å². The van der Waals surface area contributed by atoms with E-state index in [2.05, 4.69) is 52.1 Å². The molecule has 2 heteroatoms. The summed E-state index contributed by atoms with van der Waals surface area (Å²) in [6.07, 6.45) is 20.1. The summed E-state index contributed by atoms with van der Waals surface area (Å²) in [5.74, 6) is 2.07. The molecule has 2 nitrogen and oxygen atoms in total. The first-order chi connectivity index (χ1) is 15.5. The van der Waals surface area contributed by atoms with Gasteiger partial charge in [-0.25, -0.2) is 0 Å². The predicted octanol–water partition coefficient (Wildman–Crippen LogP) is 9.43. The minimum atomic E-state index is 0.0836. The van der Waals surface area contributed by atoms with Gasteiger partial charge in [0.25, 0.3) is 0 Å². The summed E-state index contributed by atoms with van der Waals surface area (Å²) in [6.45, 7) is 11.3. The van der Waals surface area contributed by atoms with Gasteiger partial charge in [-0.15, -0.1) is 0 Å². The lowest BCUT2D eigenvalue weighted by atomic mass is 9.83. The second kappa shape index (κ2) is 17.9. The Morgan fingerprint density at radius 1 is 0.781 bits per heavy atom. The van der Waals surface area contributed by atoms with Gasteiger partial charge >= 0.3 is 0 Å². The minimum absolute atomic E-state index is 0.0836. The van der Waals surface area contributed by atoms with Crippen molar-refractivity contribution in [2.45, 2.75) is 112 Å². The van der Waals surface area contributed by atoms with Gasteiger partial charge in [-0.2, -0.15) is 0 Å². The Morgan fingerprint density at radius 2 is 1.44 bits per heavy atom. The van der Waals surface area contributed by atoms with Crippen LogP contribution in [0.5, 0.6) is 0 Å². The van der Waals surface area contributed by atoms with Crippen LogP contribution in [0.2, 0.25) is 0 Å². The Bertz CT molecular complexity index is 605. The van der Waals surface area contributed by atoms with Gasteiger partial charge in [0.05, 0.1) is 0 Å². The summed E-state index contributed by atoms with van der Waals surface area (Å²) in [6, 6.07) is 9.84. The van der Waals surface area contributed by atoms with E-state index in [-0.39, 0.29) is 11.8 Å². The molecule has 0 radical (unpaired) electrons. The fourth-order valence-corrected chi connectivity index (χ4v) is 4.52. The van der Waals surface area contributed by atoms with Crippen LogP contribution in [-0.2, 0) is 4.79 Å². The van der Waals surface area contributed by atoms with E-state index in [4.69, 9.17) is 0 Å². The molecule has 182 valence electrons. The van der Waals surface area contributed by atoms with E-state index < -0.39 is 0 Å². The molecule has 0 spiro atoms. The molecule has 1 N–H and O–H groups in total. The summed E-state index contributed by atoms with van der Waals surface area (Å²) in [5, 5.41) is 3.11. The number of unbranched alkanes of at least 4 members (excludes halogenated alkanes) is 6. The normalized spacial score (nSPS) is 13.7. The molecule has 1 aromatic carbocycles. The van der Waals surface area contributed by atoms with Crippen molar-refractivity contribution in [3.63, 3.8) is 0 Å². The quantitative estimate of drug-likeness (QED) is 0.178. The van der Waals surface area contributed by atoms with Gasteiger partial charge in [0.1, 0.15) is 0 Å². The van der Waals surface area contributed by atoms with Crippen LogP contribution in [0.4, 0.5) is 5.69 Å². The van der Waals surface area contributed by atoms with Gasteiger partial charge in [-0.05, 0) is 62.0 Å². The zero-order chi connectivity index (χ0) is 23.6. The number of carbonyl (C=O) groups is 1. The Balaban J connectivity index is 2.32. The van der Waals surface area contributed by atoms with Gasteiger partial charge < -0.3 is 5.32 Å². The zero-order valence-electron chi connectivity index (χ0n) is 21.7. The molecule has 2 atom stereocenters. The predicted molar refractivity (Wildman–Crippen MR) is 142 cm³/mol. The summed E-state index contributed by atoms with van der Waals surface area (Å²) in [5.41, 5.74) is 0.899. The highest BCUT2D eigenvalue weighted by Crippen LogP contribution is 2.27. The zero-order valence-corrected chi connectivity index (χ0v) is 21.7. The monoisotopic (exact) mass is 441 g/mol. The Labute approximate surface area is 199 Å². The molecular formula is C30H51NO. The third-order valence-electron chi connectivity index (χ3n) is 6.81. The van der Waals surface area contributed by atoms with Crippen molar-refractivity contribution in [3.8, 4) is 0 Å². The number of nitrogens with one attached hydrogen (secondary N) is 1. The lowest BCUT2D eigenvalue weighted by Gasteiger charge is -2.24. The summed E-state index contributed by atoms with van der Waals surface area (Å²) >= 11 is 0. The Kier molecular flexibility index (Phi) is 15.9. The third kappa shape index (κ3) is 13.1. The van der Waals surface area contributed by atoms with Crippen LogP contribution >= 0.6 is 0 Å². The van der Waals surface area contributed by atoms with Crippen molar-refractivity contribution < 1.29 is 4.79 Å². The highest BCUT2D eigenvalue weighted by atomic mass is 16.1. The average molecular weight is 442 g/mol. The van der Waals surface area contributed by atoms with E-state index in [0.29, 0.717) is 11.8 Å². The van der Waals surface area contributed by atoms with Gasteiger partial charge in [-0.3, -0.25) is 4.79 Å². The smallest absolute Gasteiger partial charge is 0.227 e. The summed E-state index contributed by atoms with van der Waals surface area (Å²) < 4.78 is 0. The highest BCUT2D eigenvalue weighted by molar-refractivity contribution is 5.92. The van der Waals surface area contributed by atoms with Crippen molar-refractivity contribution in [2.24, 2.45) is 23.7 Å². The third-order valence-corrected chi connectivity index (χ3v) is 6.81. The maximum Gasteiger partial charge on any atom is 0.227 e.